The predicted octanol–water partition coefficient (Wildman–Crippen LogP) is 3.99. The molecule has 2 aromatic rings. The van der Waals surface area contributed by atoms with E-state index < -0.39 is 0 Å². The minimum absolute atomic E-state index is 0.793. The Bertz CT molecular complexity index is 542. The predicted molar refractivity (Wildman–Crippen MR) is 74.5 cm³/mol. The molecular weight excluding hydrogens is 224 g/mol. The second-order valence-corrected chi connectivity index (χ2v) is 4.36. The molecule has 94 valence electrons. The second kappa shape index (κ2) is 5.13. The van der Waals surface area contributed by atoms with Crippen molar-refractivity contribution < 1.29 is 9.47 Å². The summed E-state index contributed by atoms with van der Waals surface area (Å²) in [5.41, 5.74) is 4.51. The van der Waals surface area contributed by atoms with Crippen LogP contribution in [0.4, 0.5) is 0 Å². The van der Waals surface area contributed by atoms with Crippen LogP contribution in [0, 0.1) is 13.8 Å². The molecule has 0 heterocycles. The third-order valence-corrected chi connectivity index (χ3v) is 3.08. The van der Waals surface area contributed by atoms with Gasteiger partial charge in [-0.25, -0.2) is 0 Å². The van der Waals surface area contributed by atoms with Gasteiger partial charge in [0, 0.05) is 5.56 Å². The average molecular weight is 242 g/mol. The van der Waals surface area contributed by atoms with Gasteiger partial charge in [-0.15, -0.1) is 0 Å². The van der Waals surface area contributed by atoms with Crippen molar-refractivity contribution in [1.29, 1.82) is 0 Å². The molecule has 0 atom stereocenters. The largest absolute Gasteiger partial charge is 0.493 e. The summed E-state index contributed by atoms with van der Waals surface area (Å²) in [6.07, 6.45) is 0. The number of methoxy groups -OCH3 is 2. The van der Waals surface area contributed by atoms with Crippen LogP contribution in [0.1, 0.15) is 11.1 Å². The Kier molecular flexibility index (Phi) is 3.56. The van der Waals surface area contributed by atoms with Crippen LogP contribution in [0.5, 0.6) is 11.5 Å². The topological polar surface area (TPSA) is 18.5 Å². The molecule has 0 aliphatic rings. The summed E-state index contributed by atoms with van der Waals surface area (Å²) < 4.78 is 10.9. The molecule has 0 spiro atoms. The van der Waals surface area contributed by atoms with Gasteiger partial charge in [-0.1, -0.05) is 42.0 Å². The summed E-state index contributed by atoms with van der Waals surface area (Å²) in [6.45, 7) is 4.09. The van der Waals surface area contributed by atoms with Crippen molar-refractivity contribution in [2.24, 2.45) is 0 Å². The molecule has 0 unspecified atom stereocenters. The maximum absolute atomic E-state index is 5.51. The molecule has 0 N–H and O–H groups in total. The summed E-state index contributed by atoms with van der Waals surface area (Å²) in [5, 5.41) is 0. The van der Waals surface area contributed by atoms with Crippen molar-refractivity contribution in [3.8, 4) is 22.6 Å². The number of benzene rings is 2. The third kappa shape index (κ3) is 2.19. The first-order chi connectivity index (χ1) is 8.67. The van der Waals surface area contributed by atoms with Crippen LogP contribution in [0.15, 0.2) is 36.4 Å². The van der Waals surface area contributed by atoms with E-state index in [1.54, 1.807) is 14.2 Å². The van der Waals surface area contributed by atoms with Crippen LogP contribution in [0.25, 0.3) is 11.1 Å². The highest BCUT2D eigenvalue weighted by atomic mass is 16.5. The van der Waals surface area contributed by atoms with Crippen LogP contribution < -0.4 is 9.47 Å². The first kappa shape index (κ1) is 12.5. The standard InChI is InChI=1S/C16H18O2/c1-11-5-8-13(9-6-11)14-10-7-12(2)15(17-3)16(14)18-4/h5-10H,1-4H3. The minimum Gasteiger partial charge on any atom is -0.493 e. The van der Waals surface area contributed by atoms with Gasteiger partial charge in [0.25, 0.3) is 0 Å². The number of aryl methyl sites for hydroxylation is 2. The molecule has 0 aliphatic heterocycles. The molecule has 0 fully saturated rings. The van der Waals surface area contributed by atoms with Gasteiger partial charge in [0.1, 0.15) is 0 Å². The van der Waals surface area contributed by atoms with Gasteiger partial charge in [0.05, 0.1) is 14.2 Å². The number of ether oxygens (including phenoxy) is 2. The van der Waals surface area contributed by atoms with Crippen molar-refractivity contribution >= 4 is 0 Å². The molecule has 0 radical (unpaired) electrons. The number of rotatable bonds is 3. The van der Waals surface area contributed by atoms with Crippen LogP contribution in [0.3, 0.4) is 0 Å². The second-order valence-electron chi connectivity index (χ2n) is 4.36. The number of hydrogen-bond acceptors (Lipinski definition) is 2. The van der Waals surface area contributed by atoms with Gasteiger partial charge in [0.2, 0.25) is 0 Å². The van der Waals surface area contributed by atoms with E-state index in [1.807, 2.05) is 6.92 Å². The summed E-state index contributed by atoms with van der Waals surface area (Å²) in [6, 6.07) is 12.5. The summed E-state index contributed by atoms with van der Waals surface area (Å²) in [5.74, 6) is 1.59. The van der Waals surface area contributed by atoms with Crippen LogP contribution >= 0.6 is 0 Å². The monoisotopic (exact) mass is 242 g/mol. The number of hydrogen-bond donors (Lipinski definition) is 0. The van der Waals surface area contributed by atoms with E-state index in [1.165, 1.54) is 5.56 Å². The molecule has 2 rings (SSSR count). The lowest BCUT2D eigenvalue weighted by molar-refractivity contribution is 0.354. The Balaban J connectivity index is 2.60. The van der Waals surface area contributed by atoms with E-state index in [4.69, 9.17) is 9.47 Å². The molecule has 18 heavy (non-hydrogen) atoms. The first-order valence-electron chi connectivity index (χ1n) is 5.96. The Hall–Kier alpha value is -1.96. The molecule has 0 amide bonds. The Morgan fingerprint density at radius 3 is 1.89 bits per heavy atom. The molecule has 2 nitrogen and oxygen atoms in total. The van der Waals surface area contributed by atoms with Crippen LogP contribution in [0.2, 0.25) is 0 Å². The molecule has 0 bridgehead atoms. The molecule has 0 aromatic heterocycles. The van der Waals surface area contributed by atoms with E-state index in [0.29, 0.717) is 0 Å². The molecular formula is C16H18O2. The molecule has 2 heteroatoms. The van der Waals surface area contributed by atoms with Gasteiger partial charge < -0.3 is 9.47 Å². The van der Waals surface area contributed by atoms with E-state index in [-0.39, 0.29) is 0 Å². The van der Waals surface area contributed by atoms with E-state index >= 15 is 0 Å². The third-order valence-electron chi connectivity index (χ3n) is 3.08. The van der Waals surface area contributed by atoms with Gasteiger partial charge in [-0.05, 0) is 25.0 Å². The molecule has 2 aromatic carbocycles. The fourth-order valence-corrected chi connectivity index (χ4v) is 2.08. The maximum Gasteiger partial charge on any atom is 0.168 e. The van der Waals surface area contributed by atoms with E-state index in [2.05, 4.69) is 43.3 Å². The van der Waals surface area contributed by atoms with Gasteiger partial charge in [0.15, 0.2) is 11.5 Å². The normalized spacial score (nSPS) is 10.2. The molecule has 0 saturated heterocycles. The highest BCUT2D eigenvalue weighted by molar-refractivity contribution is 5.75. The summed E-state index contributed by atoms with van der Waals surface area (Å²) in [4.78, 5) is 0. The minimum atomic E-state index is 0.793. The Morgan fingerprint density at radius 1 is 0.722 bits per heavy atom. The van der Waals surface area contributed by atoms with E-state index in [9.17, 15) is 0 Å². The zero-order chi connectivity index (χ0) is 13.1. The van der Waals surface area contributed by atoms with Crippen molar-refractivity contribution in [3.05, 3.63) is 47.5 Å². The lowest BCUT2D eigenvalue weighted by Gasteiger charge is -2.15. The Morgan fingerprint density at radius 2 is 1.33 bits per heavy atom. The van der Waals surface area contributed by atoms with Gasteiger partial charge in [-0.2, -0.15) is 0 Å². The zero-order valence-corrected chi connectivity index (χ0v) is 11.3. The fourth-order valence-electron chi connectivity index (χ4n) is 2.08. The lowest BCUT2D eigenvalue weighted by atomic mass is 10.0. The smallest absolute Gasteiger partial charge is 0.168 e. The molecule has 0 aliphatic carbocycles. The molecule has 0 saturated carbocycles. The van der Waals surface area contributed by atoms with Crippen molar-refractivity contribution in [3.63, 3.8) is 0 Å². The van der Waals surface area contributed by atoms with Crippen LogP contribution in [-0.2, 0) is 0 Å². The van der Waals surface area contributed by atoms with Gasteiger partial charge >= 0.3 is 0 Å². The maximum atomic E-state index is 5.51. The van der Waals surface area contributed by atoms with E-state index in [0.717, 1.165) is 28.2 Å². The average Bonchev–Trinajstić information content (AvgIpc) is 2.39. The van der Waals surface area contributed by atoms with Crippen molar-refractivity contribution in [1.82, 2.24) is 0 Å². The highest BCUT2D eigenvalue weighted by Crippen LogP contribution is 2.40. The van der Waals surface area contributed by atoms with Crippen molar-refractivity contribution in [2.45, 2.75) is 13.8 Å². The van der Waals surface area contributed by atoms with Gasteiger partial charge in [-0.3, -0.25) is 0 Å². The SMILES string of the molecule is COc1c(C)ccc(-c2ccc(C)cc2)c1OC. The van der Waals surface area contributed by atoms with Crippen molar-refractivity contribution in [2.75, 3.05) is 14.2 Å². The fraction of sp³-hybridized carbons (Fsp3) is 0.250. The lowest BCUT2D eigenvalue weighted by Crippen LogP contribution is -1.95. The summed E-state index contributed by atoms with van der Waals surface area (Å²) in [7, 11) is 3.35. The Labute approximate surface area is 108 Å². The quantitative estimate of drug-likeness (QED) is 0.810. The summed E-state index contributed by atoms with van der Waals surface area (Å²) >= 11 is 0. The van der Waals surface area contributed by atoms with Crippen LogP contribution in [-0.4, -0.2) is 14.2 Å². The highest BCUT2D eigenvalue weighted by Gasteiger charge is 2.13. The zero-order valence-electron chi connectivity index (χ0n) is 11.3. The first-order valence-corrected chi connectivity index (χ1v) is 5.96.